The molecule has 0 saturated carbocycles. The Morgan fingerprint density at radius 2 is 0.962 bits per heavy atom. The molecule has 2 nitrogen and oxygen atoms in total. The predicted molar refractivity (Wildman–Crippen MR) is 113 cm³/mol. The Hall–Kier alpha value is -2.22. The molecule has 0 amide bonds. The third-order valence-electron chi connectivity index (χ3n) is 5.34. The maximum Gasteiger partial charge on any atom is 0.0482 e. The van der Waals surface area contributed by atoms with Crippen LogP contribution in [0.1, 0.15) is 50.9 Å². The van der Waals surface area contributed by atoms with E-state index in [-0.39, 0.29) is 0 Å². The van der Waals surface area contributed by atoms with Gasteiger partial charge in [-0.2, -0.15) is 0 Å². The van der Waals surface area contributed by atoms with Gasteiger partial charge < -0.3 is 9.13 Å². The van der Waals surface area contributed by atoms with Gasteiger partial charge in [-0.25, -0.2) is 0 Å². The Morgan fingerprint density at radius 1 is 0.577 bits per heavy atom. The molecule has 0 aliphatic heterocycles. The number of unbranched alkanes of at least 4 members (excludes halogenated alkanes) is 2. The molecule has 26 heavy (non-hydrogen) atoms. The number of hydrogen-bond acceptors (Lipinski definition) is 0. The van der Waals surface area contributed by atoms with E-state index in [1.807, 2.05) is 0 Å². The highest BCUT2D eigenvalue weighted by Gasteiger charge is 2.10. The molecular formula is C24H32N2. The third kappa shape index (κ3) is 3.80. The average molecular weight is 349 g/mol. The topological polar surface area (TPSA) is 9.86 Å². The molecule has 138 valence electrons. The first kappa shape index (κ1) is 18.6. The van der Waals surface area contributed by atoms with Crippen LogP contribution >= 0.6 is 0 Å². The Morgan fingerprint density at radius 3 is 1.31 bits per heavy atom. The van der Waals surface area contributed by atoms with E-state index in [9.17, 15) is 0 Å². The van der Waals surface area contributed by atoms with Crippen LogP contribution in [0.15, 0.2) is 48.5 Å². The van der Waals surface area contributed by atoms with Crippen LogP contribution in [0, 0.1) is 13.8 Å². The van der Waals surface area contributed by atoms with Gasteiger partial charge in [0.15, 0.2) is 0 Å². The molecule has 3 aromatic rings. The van der Waals surface area contributed by atoms with Gasteiger partial charge in [0.2, 0.25) is 0 Å². The van der Waals surface area contributed by atoms with Crippen molar-refractivity contribution in [2.24, 2.45) is 0 Å². The summed E-state index contributed by atoms with van der Waals surface area (Å²) in [5.74, 6) is 0. The smallest absolute Gasteiger partial charge is 0.0482 e. The molecule has 2 heteroatoms. The van der Waals surface area contributed by atoms with E-state index in [0.29, 0.717) is 0 Å². The van der Waals surface area contributed by atoms with Gasteiger partial charge >= 0.3 is 0 Å². The highest BCUT2D eigenvalue weighted by Crippen LogP contribution is 2.28. The minimum absolute atomic E-state index is 1.10. The van der Waals surface area contributed by atoms with Gasteiger partial charge in [-0.15, -0.1) is 0 Å². The van der Waals surface area contributed by atoms with E-state index in [4.69, 9.17) is 0 Å². The third-order valence-corrected chi connectivity index (χ3v) is 5.34. The van der Waals surface area contributed by atoms with Crippen molar-refractivity contribution in [1.29, 1.82) is 0 Å². The molecule has 0 atom stereocenters. The lowest BCUT2D eigenvalue weighted by Gasteiger charge is -2.13. The van der Waals surface area contributed by atoms with Gasteiger partial charge in [0.1, 0.15) is 0 Å². The number of hydrogen-bond donors (Lipinski definition) is 0. The first-order valence-electron chi connectivity index (χ1n) is 10.1. The Bertz CT molecular complexity index is 762. The molecule has 0 spiro atoms. The van der Waals surface area contributed by atoms with Crippen molar-refractivity contribution in [2.75, 3.05) is 0 Å². The molecule has 0 bridgehead atoms. The molecule has 0 aliphatic rings. The predicted octanol–water partition coefficient (Wildman–Crippen LogP) is 6.84. The lowest BCUT2D eigenvalue weighted by molar-refractivity contribution is 0.626. The molecule has 0 radical (unpaired) electrons. The van der Waals surface area contributed by atoms with Crippen molar-refractivity contribution in [1.82, 2.24) is 9.13 Å². The van der Waals surface area contributed by atoms with Crippen LogP contribution in [0.3, 0.4) is 0 Å². The number of nitrogens with zero attached hydrogens (tertiary/aromatic N) is 2. The highest BCUT2D eigenvalue weighted by molar-refractivity contribution is 5.68. The van der Waals surface area contributed by atoms with Crippen LogP contribution in [-0.4, -0.2) is 9.13 Å². The summed E-state index contributed by atoms with van der Waals surface area (Å²) in [6.07, 6.45) is 4.91. The molecule has 1 aromatic carbocycles. The largest absolute Gasteiger partial charge is 0.345 e. The van der Waals surface area contributed by atoms with E-state index in [0.717, 1.165) is 13.1 Å². The van der Waals surface area contributed by atoms with E-state index in [1.54, 1.807) is 0 Å². The summed E-state index contributed by atoms with van der Waals surface area (Å²) in [4.78, 5) is 0. The highest BCUT2D eigenvalue weighted by atomic mass is 15.0. The van der Waals surface area contributed by atoms with Gasteiger partial charge in [0.25, 0.3) is 0 Å². The van der Waals surface area contributed by atoms with Crippen LogP contribution in [0.2, 0.25) is 0 Å². The zero-order chi connectivity index (χ0) is 18.5. The second-order valence-corrected chi connectivity index (χ2v) is 7.31. The van der Waals surface area contributed by atoms with Gasteiger partial charge in [0.05, 0.1) is 0 Å². The molecule has 0 unspecified atom stereocenters. The van der Waals surface area contributed by atoms with Gasteiger partial charge in [-0.1, -0.05) is 51.0 Å². The maximum atomic E-state index is 2.45. The van der Waals surface area contributed by atoms with E-state index in [1.165, 1.54) is 59.6 Å². The molecule has 2 aromatic heterocycles. The van der Waals surface area contributed by atoms with E-state index < -0.39 is 0 Å². The summed E-state index contributed by atoms with van der Waals surface area (Å²) >= 11 is 0. The average Bonchev–Trinajstić information content (AvgIpc) is 3.21. The molecule has 0 aliphatic carbocycles. The fourth-order valence-corrected chi connectivity index (χ4v) is 3.68. The summed E-state index contributed by atoms with van der Waals surface area (Å²) in [6.45, 7) is 11.1. The van der Waals surface area contributed by atoms with Crippen LogP contribution in [-0.2, 0) is 13.1 Å². The molecule has 0 fully saturated rings. The Kier molecular flexibility index (Phi) is 6.03. The normalized spacial score (nSPS) is 11.2. The zero-order valence-electron chi connectivity index (χ0n) is 16.8. The van der Waals surface area contributed by atoms with Gasteiger partial charge in [0, 0.05) is 35.9 Å². The van der Waals surface area contributed by atoms with Crippen LogP contribution in [0.5, 0.6) is 0 Å². The van der Waals surface area contributed by atoms with E-state index in [2.05, 4.69) is 85.4 Å². The summed E-state index contributed by atoms with van der Waals surface area (Å²) in [7, 11) is 0. The number of aromatic nitrogens is 2. The second-order valence-electron chi connectivity index (χ2n) is 7.31. The number of aryl methyl sites for hydroxylation is 2. The number of rotatable bonds is 8. The minimum atomic E-state index is 1.10. The minimum Gasteiger partial charge on any atom is -0.345 e. The number of benzene rings is 1. The monoisotopic (exact) mass is 348 g/mol. The van der Waals surface area contributed by atoms with Gasteiger partial charge in [-0.05, 0) is 62.1 Å². The fraction of sp³-hybridized carbons (Fsp3) is 0.417. The summed E-state index contributed by atoms with van der Waals surface area (Å²) in [6, 6.07) is 18.1. The van der Waals surface area contributed by atoms with Crippen LogP contribution in [0.25, 0.3) is 22.5 Å². The standard InChI is InChI=1S/C24H32N2/c1-5-7-17-25-19(3)9-15-23(25)21-11-13-22(14-12-21)24-16-10-20(4)26(24)18-8-6-2/h9-16H,5-8,17-18H2,1-4H3. The fourth-order valence-electron chi connectivity index (χ4n) is 3.68. The molecule has 2 heterocycles. The second kappa shape index (κ2) is 8.44. The molecule has 3 rings (SSSR count). The molecule has 0 N–H and O–H groups in total. The Labute approximate surface area is 158 Å². The van der Waals surface area contributed by atoms with Crippen molar-refractivity contribution in [3.63, 3.8) is 0 Å². The van der Waals surface area contributed by atoms with Gasteiger partial charge in [-0.3, -0.25) is 0 Å². The lowest BCUT2D eigenvalue weighted by Crippen LogP contribution is -2.03. The van der Waals surface area contributed by atoms with Crippen LogP contribution < -0.4 is 0 Å². The summed E-state index contributed by atoms with van der Waals surface area (Å²) < 4.78 is 4.90. The maximum absolute atomic E-state index is 2.45. The van der Waals surface area contributed by atoms with Crippen molar-refractivity contribution >= 4 is 0 Å². The quantitative estimate of drug-likeness (QED) is 0.422. The lowest BCUT2D eigenvalue weighted by atomic mass is 10.1. The first-order chi connectivity index (χ1) is 12.7. The van der Waals surface area contributed by atoms with Crippen LogP contribution in [0.4, 0.5) is 0 Å². The first-order valence-corrected chi connectivity index (χ1v) is 10.1. The summed E-state index contributed by atoms with van der Waals surface area (Å²) in [5.41, 5.74) is 7.98. The van der Waals surface area contributed by atoms with Crippen molar-refractivity contribution in [3.8, 4) is 22.5 Å². The Balaban J connectivity index is 1.88. The summed E-state index contributed by atoms with van der Waals surface area (Å²) in [5, 5.41) is 0. The van der Waals surface area contributed by atoms with Crippen molar-refractivity contribution < 1.29 is 0 Å². The zero-order valence-corrected chi connectivity index (χ0v) is 16.8. The molecule has 0 saturated heterocycles. The van der Waals surface area contributed by atoms with Crippen molar-refractivity contribution in [2.45, 2.75) is 66.5 Å². The van der Waals surface area contributed by atoms with E-state index >= 15 is 0 Å². The SMILES string of the molecule is CCCCn1c(C)ccc1-c1ccc(-c2ccc(C)n2CCCC)cc1. The molecular weight excluding hydrogens is 316 g/mol. The van der Waals surface area contributed by atoms with Crippen molar-refractivity contribution in [3.05, 3.63) is 59.9 Å².